The number of rotatable bonds is 5. The summed E-state index contributed by atoms with van der Waals surface area (Å²) in [5, 5.41) is 0. The van der Waals surface area contributed by atoms with Gasteiger partial charge in [0.1, 0.15) is 12.7 Å². The Morgan fingerprint density at radius 1 is 0.952 bits per heavy atom. The second-order valence-electron chi connectivity index (χ2n) is 4.45. The van der Waals surface area contributed by atoms with Crippen LogP contribution < -0.4 is 5.73 Å². The van der Waals surface area contributed by atoms with E-state index in [1.54, 1.807) is 0 Å². The smallest absolute Gasteiger partial charge is 0.303 e. The summed E-state index contributed by atoms with van der Waals surface area (Å²) in [6, 6.07) is 0. The van der Waals surface area contributed by atoms with E-state index in [2.05, 4.69) is 0 Å². The molecule has 4 atom stereocenters. The Bertz CT molecular complexity index is 449. The van der Waals surface area contributed by atoms with E-state index in [9.17, 15) is 19.2 Å². The lowest BCUT2D eigenvalue weighted by Crippen LogP contribution is -2.44. The van der Waals surface area contributed by atoms with Crippen LogP contribution in [0, 0.1) is 0 Å². The molecule has 9 nitrogen and oxygen atoms in total. The molecule has 0 saturated carbocycles. The molecule has 1 heterocycles. The fourth-order valence-corrected chi connectivity index (χ4v) is 1.94. The molecule has 0 spiro atoms. The quantitative estimate of drug-likeness (QED) is 0.488. The molecule has 0 aliphatic carbocycles. The molecular weight excluding hydrogens is 286 g/mol. The van der Waals surface area contributed by atoms with Crippen molar-refractivity contribution in [2.45, 2.75) is 45.2 Å². The summed E-state index contributed by atoms with van der Waals surface area (Å²) in [7, 11) is 0. The van der Waals surface area contributed by atoms with E-state index >= 15 is 0 Å². The van der Waals surface area contributed by atoms with Crippen molar-refractivity contribution >= 4 is 23.8 Å². The second kappa shape index (κ2) is 7.02. The van der Waals surface area contributed by atoms with Crippen LogP contribution in [0.15, 0.2) is 0 Å². The van der Waals surface area contributed by atoms with E-state index in [1.807, 2.05) is 0 Å². The average Bonchev–Trinajstić information content (AvgIpc) is 2.64. The summed E-state index contributed by atoms with van der Waals surface area (Å²) in [6.45, 7) is 3.19. The Hall–Kier alpha value is -2.16. The van der Waals surface area contributed by atoms with Crippen molar-refractivity contribution in [1.29, 1.82) is 0 Å². The Kier molecular flexibility index (Phi) is 5.65. The van der Waals surface area contributed by atoms with E-state index in [0.29, 0.717) is 0 Å². The molecule has 1 saturated heterocycles. The van der Waals surface area contributed by atoms with Gasteiger partial charge in [0.25, 0.3) is 5.91 Å². The van der Waals surface area contributed by atoms with Gasteiger partial charge in [0.2, 0.25) is 0 Å². The fourth-order valence-electron chi connectivity index (χ4n) is 1.94. The van der Waals surface area contributed by atoms with Gasteiger partial charge in [0.15, 0.2) is 18.3 Å². The Balaban J connectivity index is 2.95. The summed E-state index contributed by atoms with van der Waals surface area (Å²) >= 11 is 0. The minimum Gasteiger partial charge on any atom is -0.463 e. The number of nitrogens with two attached hydrogens (primary N) is 1. The minimum absolute atomic E-state index is 0.269. The SMILES string of the molecule is CC(=O)OC[C@H]1O[C@@H](C(N)=O)[C@@H](OC(C)=O)[C@@H]1OC(C)=O. The van der Waals surface area contributed by atoms with Crippen LogP contribution in [0.4, 0.5) is 0 Å². The standard InChI is InChI=1S/C12H17NO8/c1-5(14)18-4-8-9(19-6(2)15)10(20-7(3)16)11(21-8)12(13)17/h8-11H,4H2,1-3H3,(H2,13,17)/t8-,9-,10+,11-/m1/s1. The van der Waals surface area contributed by atoms with Gasteiger partial charge in [-0.25, -0.2) is 0 Å². The predicted molar refractivity (Wildman–Crippen MR) is 65.6 cm³/mol. The van der Waals surface area contributed by atoms with Gasteiger partial charge in [0, 0.05) is 20.8 Å². The van der Waals surface area contributed by atoms with Crippen molar-refractivity contribution in [3.8, 4) is 0 Å². The van der Waals surface area contributed by atoms with Crippen LogP contribution in [-0.4, -0.2) is 54.8 Å². The molecule has 1 fully saturated rings. The summed E-state index contributed by atoms with van der Waals surface area (Å²) in [6.07, 6.45) is -4.54. The minimum atomic E-state index is -1.29. The van der Waals surface area contributed by atoms with Gasteiger partial charge >= 0.3 is 17.9 Å². The number of ether oxygens (including phenoxy) is 4. The summed E-state index contributed by atoms with van der Waals surface area (Å²) in [5.41, 5.74) is 5.17. The van der Waals surface area contributed by atoms with Crippen molar-refractivity contribution in [2.75, 3.05) is 6.61 Å². The maximum absolute atomic E-state index is 11.4. The molecule has 21 heavy (non-hydrogen) atoms. The van der Waals surface area contributed by atoms with Gasteiger partial charge in [-0.2, -0.15) is 0 Å². The van der Waals surface area contributed by atoms with E-state index in [1.165, 1.54) is 6.92 Å². The van der Waals surface area contributed by atoms with Gasteiger partial charge in [-0.15, -0.1) is 0 Å². The highest BCUT2D eigenvalue weighted by Crippen LogP contribution is 2.27. The molecule has 1 rings (SSSR count). The lowest BCUT2D eigenvalue weighted by Gasteiger charge is -2.22. The van der Waals surface area contributed by atoms with Crippen molar-refractivity contribution in [2.24, 2.45) is 5.73 Å². The molecule has 1 aliphatic heterocycles. The molecule has 0 aromatic rings. The first-order valence-electron chi connectivity index (χ1n) is 6.15. The van der Waals surface area contributed by atoms with Gasteiger partial charge in [-0.05, 0) is 0 Å². The average molecular weight is 303 g/mol. The molecule has 1 amide bonds. The third-order valence-electron chi connectivity index (χ3n) is 2.65. The Morgan fingerprint density at radius 3 is 1.90 bits per heavy atom. The molecule has 9 heteroatoms. The molecule has 1 aliphatic rings. The third-order valence-corrected chi connectivity index (χ3v) is 2.65. The summed E-state index contributed by atoms with van der Waals surface area (Å²) in [5.74, 6) is -2.82. The first kappa shape index (κ1) is 16.9. The van der Waals surface area contributed by atoms with E-state index in [0.717, 1.165) is 13.8 Å². The van der Waals surface area contributed by atoms with Crippen molar-refractivity contribution in [3.63, 3.8) is 0 Å². The number of hydrogen-bond donors (Lipinski definition) is 1. The first-order chi connectivity index (χ1) is 9.72. The van der Waals surface area contributed by atoms with Crippen LogP contribution in [0.25, 0.3) is 0 Å². The highest BCUT2D eigenvalue weighted by molar-refractivity contribution is 5.81. The highest BCUT2D eigenvalue weighted by atomic mass is 16.7. The Morgan fingerprint density at radius 2 is 1.48 bits per heavy atom. The lowest BCUT2D eigenvalue weighted by atomic mass is 10.1. The molecule has 0 bridgehead atoms. The summed E-state index contributed by atoms with van der Waals surface area (Å²) in [4.78, 5) is 44.5. The monoisotopic (exact) mass is 303 g/mol. The number of esters is 3. The largest absolute Gasteiger partial charge is 0.463 e. The van der Waals surface area contributed by atoms with E-state index < -0.39 is 48.2 Å². The maximum Gasteiger partial charge on any atom is 0.303 e. The van der Waals surface area contributed by atoms with E-state index in [-0.39, 0.29) is 6.61 Å². The van der Waals surface area contributed by atoms with Crippen molar-refractivity contribution in [3.05, 3.63) is 0 Å². The van der Waals surface area contributed by atoms with Gasteiger partial charge < -0.3 is 24.7 Å². The number of amides is 1. The lowest BCUT2D eigenvalue weighted by molar-refractivity contribution is -0.166. The second-order valence-corrected chi connectivity index (χ2v) is 4.45. The van der Waals surface area contributed by atoms with Crippen LogP contribution in [0.3, 0.4) is 0 Å². The van der Waals surface area contributed by atoms with E-state index in [4.69, 9.17) is 24.7 Å². The van der Waals surface area contributed by atoms with Crippen molar-refractivity contribution < 1.29 is 38.1 Å². The molecule has 0 radical (unpaired) electrons. The zero-order chi connectivity index (χ0) is 16.2. The van der Waals surface area contributed by atoms with Gasteiger partial charge in [0.05, 0.1) is 0 Å². The zero-order valence-corrected chi connectivity index (χ0v) is 11.9. The molecular formula is C12H17NO8. The predicted octanol–water partition coefficient (Wildman–Crippen LogP) is -1.33. The fraction of sp³-hybridized carbons (Fsp3) is 0.667. The molecule has 118 valence electrons. The number of primary amides is 1. The number of hydrogen-bond acceptors (Lipinski definition) is 8. The van der Waals surface area contributed by atoms with Crippen LogP contribution in [0.2, 0.25) is 0 Å². The van der Waals surface area contributed by atoms with Crippen LogP contribution in [0.1, 0.15) is 20.8 Å². The van der Waals surface area contributed by atoms with Crippen molar-refractivity contribution in [1.82, 2.24) is 0 Å². The topological polar surface area (TPSA) is 131 Å². The Labute approximate surface area is 120 Å². The molecule has 0 aromatic carbocycles. The van der Waals surface area contributed by atoms with Gasteiger partial charge in [-0.3, -0.25) is 19.2 Å². The van der Waals surface area contributed by atoms with Crippen LogP contribution in [0.5, 0.6) is 0 Å². The highest BCUT2D eigenvalue weighted by Gasteiger charge is 2.51. The zero-order valence-electron chi connectivity index (χ0n) is 11.9. The molecule has 2 N–H and O–H groups in total. The van der Waals surface area contributed by atoms with Gasteiger partial charge in [-0.1, -0.05) is 0 Å². The number of carbonyl (C=O) groups excluding carboxylic acids is 4. The third kappa shape index (κ3) is 4.71. The molecule has 0 aromatic heterocycles. The number of carbonyl (C=O) groups is 4. The van der Waals surface area contributed by atoms with Crippen LogP contribution >= 0.6 is 0 Å². The molecule has 0 unspecified atom stereocenters. The first-order valence-corrected chi connectivity index (χ1v) is 6.15. The summed E-state index contributed by atoms with van der Waals surface area (Å²) < 4.78 is 20.0. The van der Waals surface area contributed by atoms with Crippen LogP contribution in [-0.2, 0) is 38.1 Å². The maximum atomic E-state index is 11.4. The normalized spacial score (nSPS) is 27.8.